The van der Waals surface area contributed by atoms with E-state index in [2.05, 4.69) is 10.2 Å². The number of aliphatic hydroxyl groups is 2. The molecule has 5 heteroatoms. The molecular weight excluding hydrogens is 328 g/mol. The lowest BCUT2D eigenvalue weighted by Crippen LogP contribution is -2.76. The minimum Gasteiger partial charge on any atom is -0.508 e. The second-order valence-electron chi connectivity index (χ2n) is 9.13. The topological polar surface area (TPSA) is 76.0 Å². The number of phenols is 1. The monoisotopic (exact) mass is 358 g/mol. The highest BCUT2D eigenvalue weighted by Crippen LogP contribution is 2.58. The number of hydrogen-bond donors (Lipinski definition) is 4. The number of benzene rings is 1. The van der Waals surface area contributed by atoms with Gasteiger partial charge in [0.05, 0.1) is 11.7 Å². The number of nitrogens with zero attached hydrogens (tertiary/aromatic N) is 1. The number of aromatic hydroxyl groups is 1. The molecule has 1 saturated heterocycles. The van der Waals surface area contributed by atoms with E-state index in [1.807, 2.05) is 19.2 Å². The van der Waals surface area contributed by atoms with Crippen LogP contribution in [-0.4, -0.2) is 64.1 Å². The van der Waals surface area contributed by atoms with Gasteiger partial charge in [-0.25, -0.2) is 0 Å². The Balaban J connectivity index is 1.64. The summed E-state index contributed by atoms with van der Waals surface area (Å²) in [7, 11) is 1.87. The predicted molar refractivity (Wildman–Crippen MR) is 99.2 cm³/mol. The van der Waals surface area contributed by atoms with Gasteiger partial charge in [0.15, 0.2) is 0 Å². The highest BCUT2D eigenvalue weighted by Gasteiger charge is 2.66. The number of piperidine rings is 1. The molecule has 2 bridgehead atoms. The van der Waals surface area contributed by atoms with Crippen molar-refractivity contribution in [2.45, 2.75) is 67.7 Å². The molecule has 5 nitrogen and oxygen atoms in total. The molecule has 1 heterocycles. The zero-order chi connectivity index (χ0) is 18.1. The Kier molecular flexibility index (Phi) is 3.71. The molecule has 0 amide bonds. The molecule has 3 fully saturated rings. The third-order valence-electron chi connectivity index (χ3n) is 7.78. The maximum absolute atomic E-state index is 12.1. The number of fused-ring (bicyclic) bond motifs is 1. The van der Waals surface area contributed by atoms with Crippen LogP contribution in [0.4, 0.5) is 0 Å². The van der Waals surface area contributed by atoms with Crippen molar-refractivity contribution < 1.29 is 15.3 Å². The van der Waals surface area contributed by atoms with E-state index in [0.717, 1.165) is 37.4 Å². The second-order valence-corrected chi connectivity index (χ2v) is 9.13. The van der Waals surface area contributed by atoms with Crippen molar-refractivity contribution in [3.05, 3.63) is 29.3 Å². The largest absolute Gasteiger partial charge is 0.508 e. The molecule has 1 aromatic rings. The first-order valence-electron chi connectivity index (χ1n) is 10.1. The fourth-order valence-electron chi connectivity index (χ4n) is 6.23. The lowest BCUT2D eigenvalue weighted by atomic mass is 9.48. The summed E-state index contributed by atoms with van der Waals surface area (Å²) < 4.78 is 0. The number of nitrogens with one attached hydrogen (secondary N) is 1. The molecule has 5 rings (SSSR count). The molecule has 1 aliphatic heterocycles. The molecule has 26 heavy (non-hydrogen) atoms. The van der Waals surface area contributed by atoms with Gasteiger partial charge in [0, 0.05) is 24.0 Å². The van der Waals surface area contributed by atoms with Crippen LogP contribution in [0.2, 0.25) is 0 Å². The molecule has 2 saturated carbocycles. The van der Waals surface area contributed by atoms with Crippen LogP contribution in [0.3, 0.4) is 0 Å². The first-order valence-corrected chi connectivity index (χ1v) is 10.1. The Labute approximate surface area is 155 Å². The molecule has 5 atom stereocenters. The van der Waals surface area contributed by atoms with Crippen molar-refractivity contribution in [2.75, 3.05) is 20.1 Å². The van der Waals surface area contributed by atoms with E-state index in [-0.39, 0.29) is 17.8 Å². The number of rotatable bonds is 3. The van der Waals surface area contributed by atoms with Crippen molar-refractivity contribution in [1.29, 1.82) is 0 Å². The molecule has 4 aliphatic rings. The summed E-state index contributed by atoms with van der Waals surface area (Å²) in [5.74, 6) is 1.05. The Hall–Kier alpha value is -1.14. The van der Waals surface area contributed by atoms with Crippen LogP contribution in [0.25, 0.3) is 0 Å². The average molecular weight is 358 g/mol. The third-order valence-corrected chi connectivity index (χ3v) is 7.78. The van der Waals surface area contributed by atoms with E-state index in [1.165, 1.54) is 18.4 Å². The van der Waals surface area contributed by atoms with Crippen molar-refractivity contribution >= 4 is 0 Å². The molecule has 3 aliphatic carbocycles. The predicted octanol–water partition coefficient (Wildman–Crippen LogP) is 1.14. The minimum atomic E-state index is -0.867. The van der Waals surface area contributed by atoms with E-state index in [9.17, 15) is 15.3 Å². The minimum absolute atomic E-state index is 0.0876. The van der Waals surface area contributed by atoms with Gasteiger partial charge in [-0.1, -0.05) is 6.07 Å². The molecule has 4 N–H and O–H groups in total. The fourth-order valence-corrected chi connectivity index (χ4v) is 6.23. The summed E-state index contributed by atoms with van der Waals surface area (Å²) in [6, 6.07) is 5.64. The van der Waals surface area contributed by atoms with E-state index < -0.39 is 17.1 Å². The zero-order valence-electron chi connectivity index (χ0n) is 15.5. The summed E-state index contributed by atoms with van der Waals surface area (Å²) in [6.45, 7) is 2.05. The van der Waals surface area contributed by atoms with Gasteiger partial charge < -0.3 is 20.6 Å². The van der Waals surface area contributed by atoms with Gasteiger partial charge in [-0.3, -0.25) is 4.90 Å². The van der Waals surface area contributed by atoms with E-state index >= 15 is 0 Å². The molecule has 142 valence electrons. The van der Waals surface area contributed by atoms with E-state index in [1.54, 1.807) is 6.07 Å². The molecular formula is C21H30N2O3. The van der Waals surface area contributed by atoms with Gasteiger partial charge in [0.1, 0.15) is 5.75 Å². The third kappa shape index (κ3) is 2.24. The second kappa shape index (κ2) is 5.68. The SMILES string of the molecule is CNC1CC2(O)C3Cc4ccc(O)cc4C2(CCN3CC2CC2)CC1O. The van der Waals surface area contributed by atoms with Crippen LogP contribution in [0, 0.1) is 5.92 Å². The molecule has 1 aromatic carbocycles. The van der Waals surface area contributed by atoms with Crippen LogP contribution >= 0.6 is 0 Å². The summed E-state index contributed by atoms with van der Waals surface area (Å²) in [5.41, 5.74) is 0.967. The van der Waals surface area contributed by atoms with Gasteiger partial charge in [0.25, 0.3) is 0 Å². The first kappa shape index (κ1) is 17.0. The van der Waals surface area contributed by atoms with Crippen LogP contribution in [0.5, 0.6) is 5.75 Å². The molecule has 0 spiro atoms. The average Bonchev–Trinajstić information content (AvgIpc) is 3.42. The standard InChI is InChI=1S/C21H30N2O3/c1-22-17-10-21(26)19-8-14-4-5-15(24)9-16(14)20(21,11-18(17)25)6-7-23(19)12-13-2-3-13/h4-5,9,13,17-19,22,24-26H,2-3,6-8,10-12H2,1H3. The van der Waals surface area contributed by atoms with Gasteiger partial charge in [0.2, 0.25) is 0 Å². The molecule has 5 unspecified atom stereocenters. The van der Waals surface area contributed by atoms with Crippen LogP contribution in [0.1, 0.15) is 43.2 Å². The summed E-state index contributed by atoms with van der Waals surface area (Å²) in [6.07, 6.45) is 4.93. The van der Waals surface area contributed by atoms with E-state index in [4.69, 9.17) is 0 Å². The van der Waals surface area contributed by atoms with Gasteiger partial charge >= 0.3 is 0 Å². The van der Waals surface area contributed by atoms with Crippen molar-refractivity contribution in [3.8, 4) is 5.75 Å². The van der Waals surface area contributed by atoms with Gasteiger partial charge in [-0.2, -0.15) is 0 Å². The smallest absolute Gasteiger partial charge is 0.115 e. The molecule has 0 radical (unpaired) electrons. The molecule has 0 aromatic heterocycles. The lowest BCUT2D eigenvalue weighted by Gasteiger charge is -2.65. The maximum atomic E-state index is 12.1. The van der Waals surface area contributed by atoms with E-state index in [0.29, 0.717) is 12.8 Å². The van der Waals surface area contributed by atoms with Crippen LogP contribution in [0.15, 0.2) is 18.2 Å². The first-order chi connectivity index (χ1) is 12.5. The van der Waals surface area contributed by atoms with Gasteiger partial charge in [-0.15, -0.1) is 0 Å². The lowest BCUT2D eigenvalue weighted by molar-refractivity contribution is -0.189. The summed E-state index contributed by atoms with van der Waals surface area (Å²) in [5, 5.41) is 36.3. The normalized spacial score (nSPS) is 42.2. The van der Waals surface area contributed by atoms with Crippen molar-refractivity contribution in [1.82, 2.24) is 10.2 Å². The Morgan fingerprint density at radius 1 is 1.27 bits per heavy atom. The number of likely N-dealkylation sites (tertiary alicyclic amines) is 1. The zero-order valence-corrected chi connectivity index (χ0v) is 15.5. The Morgan fingerprint density at radius 3 is 2.81 bits per heavy atom. The van der Waals surface area contributed by atoms with Gasteiger partial charge in [-0.05, 0) is 81.3 Å². The van der Waals surface area contributed by atoms with Crippen molar-refractivity contribution in [3.63, 3.8) is 0 Å². The maximum Gasteiger partial charge on any atom is 0.115 e. The Morgan fingerprint density at radius 2 is 2.08 bits per heavy atom. The van der Waals surface area contributed by atoms with Crippen LogP contribution in [-0.2, 0) is 11.8 Å². The highest BCUT2D eigenvalue weighted by molar-refractivity contribution is 5.48. The van der Waals surface area contributed by atoms with Crippen LogP contribution < -0.4 is 5.32 Å². The number of phenolic OH excluding ortho intramolecular Hbond substituents is 1. The number of aliphatic hydroxyl groups excluding tert-OH is 1. The number of hydrogen-bond acceptors (Lipinski definition) is 5. The summed E-state index contributed by atoms with van der Waals surface area (Å²) in [4.78, 5) is 2.52. The quantitative estimate of drug-likeness (QED) is 0.652. The number of likely N-dealkylation sites (N-methyl/N-ethyl adjacent to an activating group) is 1. The van der Waals surface area contributed by atoms with Crippen molar-refractivity contribution in [2.24, 2.45) is 5.92 Å². The highest BCUT2D eigenvalue weighted by atomic mass is 16.3. The summed E-state index contributed by atoms with van der Waals surface area (Å²) >= 11 is 0. The Bertz CT molecular complexity index is 721. The fraction of sp³-hybridized carbons (Fsp3) is 0.714.